The summed E-state index contributed by atoms with van der Waals surface area (Å²) in [6, 6.07) is 1.98. The van der Waals surface area contributed by atoms with E-state index in [1.165, 1.54) is 12.8 Å². The van der Waals surface area contributed by atoms with E-state index in [0.717, 1.165) is 62.8 Å². The highest BCUT2D eigenvalue weighted by Gasteiger charge is 2.20. The molecule has 2 fully saturated rings. The van der Waals surface area contributed by atoms with Crippen LogP contribution in [0.4, 0.5) is 5.82 Å². The molecule has 0 saturated carbocycles. The zero-order valence-electron chi connectivity index (χ0n) is 15.4. The summed E-state index contributed by atoms with van der Waals surface area (Å²) in [6.45, 7) is 10.4. The van der Waals surface area contributed by atoms with Gasteiger partial charge in [-0.3, -0.25) is 4.90 Å². The Morgan fingerprint density at radius 1 is 1.32 bits per heavy atom. The van der Waals surface area contributed by atoms with Crippen LogP contribution in [0.25, 0.3) is 5.65 Å². The van der Waals surface area contributed by atoms with E-state index in [4.69, 9.17) is 15.5 Å². The number of anilines is 1. The van der Waals surface area contributed by atoms with E-state index in [1.54, 1.807) is 4.52 Å². The molecule has 0 radical (unpaired) electrons. The molecule has 0 aliphatic carbocycles. The van der Waals surface area contributed by atoms with Gasteiger partial charge in [0.2, 0.25) is 0 Å². The summed E-state index contributed by atoms with van der Waals surface area (Å²) in [5.41, 5.74) is 9.35. The lowest BCUT2D eigenvalue weighted by Gasteiger charge is -2.26. The van der Waals surface area contributed by atoms with Crippen LogP contribution in [0, 0.1) is 0 Å². The molecule has 1 unspecified atom stereocenters. The van der Waals surface area contributed by atoms with Gasteiger partial charge in [0.15, 0.2) is 5.65 Å². The molecule has 2 aliphatic rings. The third-order valence-corrected chi connectivity index (χ3v) is 4.81. The Morgan fingerprint density at radius 2 is 2.12 bits per heavy atom. The molecule has 25 heavy (non-hydrogen) atoms. The van der Waals surface area contributed by atoms with Gasteiger partial charge in [0.05, 0.1) is 25.1 Å². The predicted molar refractivity (Wildman–Crippen MR) is 99.7 cm³/mol. The maximum absolute atomic E-state index is 6.22. The number of nitrogens with zero attached hydrogens (tertiary/aromatic N) is 4. The lowest BCUT2D eigenvalue weighted by Crippen LogP contribution is -2.35. The van der Waals surface area contributed by atoms with E-state index in [0.29, 0.717) is 11.7 Å². The van der Waals surface area contributed by atoms with Crippen molar-refractivity contribution >= 4 is 11.5 Å². The second-order valence-electron chi connectivity index (χ2n) is 6.44. The van der Waals surface area contributed by atoms with Crippen molar-refractivity contribution in [3.05, 3.63) is 23.5 Å². The molecule has 7 nitrogen and oxygen atoms in total. The van der Waals surface area contributed by atoms with Crippen molar-refractivity contribution in [2.45, 2.75) is 39.2 Å². The van der Waals surface area contributed by atoms with E-state index < -0.39 is 0 Å². The number of hydrogen-bond acceptors (Lipinski definition) is 6. The summed E-state index contributed by atoms with van der Waals surface area (Å²) in [5.74, 6) is 1.12. The minimum Gasteiger partial charge on any atom is -0.384 e. The van der Waals surface area contributed by atoms with Crippen molar-refractivity contribution in [2.24, 2.45) is 0 Å². The highest BCUT2D eigenvalue weighted by Crippen LogP contribution is 2.25. The number of nitrogen functional groups attached to an aromatic ring is 1. The third-order valence-electron chi connectivity index (χ3n) is 4.81. The van der Waals surface area contributed by atoms with E-state index in [-0.39, 0.29) is 0 Å². The van der Waals surface area contributed by atoms with Crippen molar-refractivity contribution in [3.63, 3.8) is 0 Å². The Morgan fingerprint density at radius 3 is 2.84 bits per heavy atom. The molecule has 3 N–H and O–H groups in total. The first-order chi connectivity index (χ1) is 12.3. The lowest BCUT2D eigenvalue weighted by atomic mass is 9.96. The Labute approximate surface area is 149 Å². The molecule has 2 aliphatic heterocycles. The second kappa shape index (κ2) is 8.60. The number of nitrogens with one attached hydrogen (secondary N) is 1. The topological polar surface area (TPSA) is 80.7 Å². The van der Waals surface area contributed by atoms with Crippen molar-refractivity contribution in [1.82, 2.24) is 24.8 Å². The molecule has 2 aromatic heterocycles. The first kappa shape index (κ1) is 18.1. The van der Waals surface area contributed by atoms with Crippen LogP contribution in [0.3, 0.4) is 0 Å². The average molecular weight is 346 g/mol. The molecular formula is C18H30N6O. The van der Waals surface area contributed by atoms with Crippen molar-refractivity contribution in [1.29, 1.82) is 0 Å². The molecular weight excluding hydrogens is 316 g/mol. The van der Waals surface area contributed by atoms with Crippen molar-refractivity contribution in [3.8, 4) is 0 Å². The minimum absolute atomic E-state index is 0.446. The maximum Gasteiger partial charge on any atom is 0.162 e. The number of rotatable bonds is 3. The minimum atomic E-state index is 0.446. The second-order valence-corrected chi connectivity index (χ2v) is 6.44. The summed E-state index contributed by atoms with van der Waals surface area (Å²) in [5, 5.41) is 7.88. The smallest absolute Gasteiger partial charge is 0.162 e. The zero-order valence-corrected chi connectivity index (χ0v) is 15.4. The molecule has 0 aromatic carbocycles. The molecule has 2 saturated heterocycles. The van der Waals surface area contributed by atoms with E-state index in [2.05, 4.69) is 15.3 Å². The number of aromatic nitrogens is 3. The summed E-state index contributed by atoms with van der Waals surface area (Å²) < 4.78 is 7.18. The van der Waals surface area contributed by atoms with Crippen molar-refractivity contribution in [2.75, 3.05) is 45.1 Å². The Bertz CT molecular complexity index is 674. The van der Waals surface area contributed by atoms with E-state index in [1.807, 2.05) is 26.1 Å². The molecule has 4 rings (SSSR count). The van der Waals surface area contributed by atoms with Gasteiger partial charge in [0, 0.05) is 43.7 Å². The summed E-state index contributed by atoms with van der Waals surface area (Å²) in [6.07, 6.45) is 4.26. The molecule has 0 spiro atoms. The van der Waals surface area contributed by atoms with Crippen LogP contribution < -0.4 is 11.1 Å². The third kappa shape index (κ3) is 4.11. The first-order valence-corrected chi connectivity index (χ1v) is 9.45. The summed E-state index contributed by atoms with van der Waals surface area (Å²) in [4.78, 5) is 7.29. The van der Waals surface area contributed by atoms with Crippen LogP contribution in [-0.4, -0.2) is 58.9 Å². The van der Waals surface area contributed by atoms with E-state index in [9.17, 15) is 0 Å². The SMILES string of the molecule is CC.Nc1cc(C2CCCNC2)nc2c(CN3CCOCC3)cnn12. The fourth-order valence-electron chi connectivity index (χ4n) is 3.48. The fraction of sp³-hybridized carbons (Fsp3) is 0.667. The molecule has 4 heterocycles. The first-order valence-electron chi connectivity index (χ1n) is 9.45. The van der Waals surface area contributed by atoms with Gasteiger partial charge in [-0.1, -0.05) is 13.8 Å². The molecule has 7 heteroatoms. The molecule has 0 bridgehead atoms. The number of morpholine rings is 1. The fourth-order valence-corrected chi connectivity index (χ4v) is 3.48. The molecule has 1 atom stereocenters. The highest BCUT2D eigenvalue weighted by atomic mass is 16.5. The summed E-state index contributed by atoms with van der Waals surface area (Å²) in [7, 11) is 0. The number of piperidine rings is 1. The predicted octanol–water partition coefficient (Wildman–Crippen LogP) is 1.64. The van der Waals surface area contributed by atoms with Gasteiger partial charge in [-0.2, -0.15) is 9.61 Å². The number of fused-ring (bicyclic) bond motifs is 1. The van der Waals surface area contributed by atoms with Crippen LogP contribution in [0.5, 0.6) is 0 Å². The lowest BCUT2D eigenvalue weighted by molar-refractivity contribution is 0.0343. The highest BCUT2D eigenvalue weighted by molar-refractivity contribution is 5.53. The van der Waals surface area contributed by atoms with Crippen LogP contribution in [0.2, 0.25) is 0 Å². The van der Waals surface area contributed by atoms with Gasteiger partial charge in [0.25, 0.3) is 0 Å². The maximum atomic E-state index is 6.22. The molecule has 138 valence electrons. The van der Waals surface area contributed by atoms with Gasteiger partial charge in [0.1, 0.15) is 5.82 Å². The van der Waals surface area contributed by atoms with Crippen LogP contribution in [-0.2, 0) is 11.3 Å². The van der Waals surface area contributed by atoms with E-state index >= 15 is 0 Å². The Balaban J connectivity index is 0.000000880. The average Bonchev–Trinajstić information content (AvgIpc) is 3.08. The quantitative estimate of drug-likeness (QED) is 0.879. The number of ether oxygens (including phenoxy) is 1. The standard InChI is InChI=1S/C16H24N6O.C2H6/c17-15-8-14(12-2-1-3-18-9-12)20-16-13(10-19-22(15)16)11-21-4-6-23-7-5-21;1-2/h8,10,12,18H,1-7,9,11,17H2;1-2H3. The van der Waals surface area contributed by atoms with Crippen LogP contribution in [0.15, 0.2) is 12.3 Å². The van der Waals surface area contributed by atoms with Gasteiger partial charge in [-0.05, 0) is 19.4 Å². The summed E-state index contributed by atoms with van der Waals surface area (Å²) >= 11 is 0. The monoisotopic (exact) mass is 346 g/mol. The zero-order chi connectivity index (χ0) is 17.6. The van der Waals surface area contributed by atoms with Gasteiger partial charge in [-0.25, -0.2) is 4.98 Å². The number of nitrogens with two attached hydrogens (primary N) is 1. The van der Waals surface area contributed by atoms with Crippen molar-refractivity contribution < 1.29 is 4.74 Å². The molecule has 0 amide bonds. The van der Waals surface area contributed by atoms with Gasteiger partial charge in [-0.15, -0.1) is 0 Å². The molecule has 2 aromatic rings. The number of hydrogen-bond donors (Lipinski definition) is 2. The van der Waals surface area contributed by atoms with Gasteiger partial charge >= 0.3 is 0 Å². The van der Waals surface area contributed by atoms with Crippen LogP contribution in [0.1, 0.15) is 43.9 Å². The Kier molecular flexibility index (Phi) is 6.23. The van der Waals surface area contributed by atoms with Crippen LogP contribution >= 0.6 is 0 Å². The Hall–Kier alpha value is -1.70. The largest absolute Gasteiger partial charge is 0.384 e. The van der Waals surface area contributed by atoms with Gasteiger partial charge < -0.3 is 15.8 Å². The normalized spacial score (nSPS) is 21.8.